The average Bonchev–Trinajstić information content (AvgIpc) is 2.47. The molecule has 0 aromatic rings. The van der Waals surface area contributed by atoms with Crippen LogP contribution in [-0.2, 0) is 14.3 Å². The Labute approximate surface area is 128 Å². The van der Waals surface area contributed by atoms with Crippen molar-refractivity contribution in [3.8, 4) is 0 Å². The van der Waals surface area contributed by atoms with Crippen molar-refractivity contribution in [1.82, 2.24) is 10.6 Å². The third-order valence-corrected chi connectivity index (χ3v) is 6.05. The second kappa shape index (κ2) is 5.86. The maximum atomic E-state index is 12.8. The number of rotatable bonds is 5. The second-order valence-electron chi connectivity index (χ2n) is 7.35. The highest BCUT2D eigenvalue weighted by molar-refractivity contribution is 5.83. The maximum Gasteiger partial charge on any atom is 0.228 e. The van der Waals surface area contributed by atoms with E-state index in [9.17, 15) is 4.79 Å². The van der Waals surface area contributed by atoms with Crippen LogP contribution in [0, 0.1) is 10.8 Å². The Morgan fingerprint density at radius 3 is 2.33 bits per heavy atom. The molecule has 2 rings (SSSR count). The Morgan fingerprint density at radius 2 is 1.86 bits per heavy atom. The Morgan fingerprint density at radius 1 is 1.24 bits per heavy atom. The number of hydrogen-bond donors (Lipinski definition) is 2. The van der Waals surface area contributed by atoms with Gasteiger partial charge in [-0.2, -0.15) is 0 Å². The van der Waals surface area contributed by atoms with Gasteiger partial charge in [-0.15, -0.1) is 0 Å². The van der Waals surface area contributed by atoms with Crippen LogP contribution in [0.2, 0.25) is 0 Å². The van der Waals surface area contributed by atoms with E-state index in [-0.39, 0.29) is 28.4 Å². The summed E-state index contributed by atoms with van der Waals surface area (Å²) < 4.78 is 11.0. The summed E-state index contributed by atoms with van der Waals surface area (Å²) in [6, 6.07) is 0.165. The smallest absolute Gasteiger partial charge is 0.228 e. The van der Waals surface area contributed by atoms with Gasteiger partial charge in [-0.25, -0.2) is 0 Å². The van der Waals surface area contributed by atoms with Crippen molar-refractivity contribution >= 4 is 5.91 Å². The van der Waals surface area contributed by atoms with Gasteiger partial charge < -0.3 is 20.1 Å². The lowest BCUT2D eigenvalue weighted by Crippen LogP contribution is -2.70. The summed E-state index contributed by atoms with van der Waals surface area (Å²) in [4.78, 5) is 12.8. The molecule has 2 atom stereocenters. The SMILES string of the molecule is COCC1(C(=O)NC2CC(C)(OC)C2(C)C)CCNCC1. The van der Waals surface area contributed by atoms with E-state index in [1.54, 1.807) is 14.2 Å². The molecule has 2 unspecified atom stereocenters. The van der Waals surface area contributed by atoms with E-state index in [2.05, 4.69) is 31.4 Å². The molecule has 1 aliphatic carbocycles. The van der Waals surface area contributed by atoms with E-state index in [0.29, 0.717) is 6.61 Å². The van der Waals surface area contributed by atoms with Crippen LogP contribution in [0.25, 0.3) is 0 Å². The standard InChI is InChI=1S/C16H30N2O3/c1-14(2)12(10-15(14,3)21-5)18-13(19)16(11-20-4)6-8-17-9-7-16/h12,17H,6-11H2,1-5H3,(H,18,19). The fourth-order valence-corrected chi connectivity index (χ4v) is 3.65. The lowest BCUT2D eigenvalue weighted by Gasteiger charge is -2.59. The maximum absolute atomic E-state index is 12.8. The van der Waals surface area contributed by atoms with Gasteiger partial charge in [0.25, 0.3) is 0 Å². The quantitative estimate of drug-likeness (QED) is 0.804. The van der Waals surface area contributed by atoms with Gasteiger partial charge in [0.2, 0.25) is 5.91 Å². The van der Waals surface area contributed by atoms with Crippen LogP contribution in [0.1, 0.15) is 40.0 Å². The number of nitrogens with one attached hydrogen (secondary N) is 2. The van der Waals surface area contributed by atoms with Crippen molar-refractivity contribution in [2.45, 2.75) is 51.7 Å². The molecule has 0 bridgehead atoms. The lowest BCUT2D eigenvalue weighted by atomic mass is 9.55. The van der Waals surface area contributed by atoms with Gasteiger partial charge >= 0.3 is 0 Å². The molecule has 0 aromatic heterocycles. The van der Waals surface area contributed by atoms with Gasteiger partial charge in [0, 0.05) is 25.7 Å². The van der Waals surface area contributed by atoms with Crippen LogP contribution in [0.15, 0.2) is 0 Å². The van der Waals surface area contributed by atoms with E-state index in [1.807, 2.05) is 0 Å². The van der Waals surface area contributed by atoms with Gasteiger partial charge in [0.05, 0.1) is 17.6 Å². The topological polar surface area (TPSA) is 59.6 Å². The summed E-state index contributed by atoms with van der Waals surface area (Å²) in [5.74, 6) is 0.141. The first kappa shape index (κ1) is 16.7. The molecular formula is C16H30N2O3. The summed E-state index contributed by atoms with van der Waals surface area (Å²) in [7, 11) is 3.42. The van der Waals surface area contributed by atoms with Crippen LogP contribution in [0.3, 0.4) is 0 Å². The summed E-state index contributed by atoms with van der Waals surface area (Å²) >= 11 is 0. The summed E-state index contributed by atoms with van der Waals surface area (Å²) in [6.45, 7) is 8.69. The van der Waals surface area contributed by atoms with Gasteiger partial charge in [-0.3, -0.25) is 4.79 Å². The number of piperidine rings is 1. The molecule has 1 saturated heterocycles. The molecule has 0 aromatic carbocycles. The first-order valence-corrected chi connectivity index (χ1v) is 7.87. The molecule has 122 valence electrons. The Hall–Kier alpha value is -0.650. The number of amides is 1. The highest BCUT2D eigenvalue weighted by Gasteiger charge is 2.59. The fourth-order valence-electron chi connectivity index (χ4n) is 3.65. The first-order chi connectivity index (χ1) is 9.81. The van der Waals surface area contributed by atoms with E-state index >= 15 is 0 Å². The average molecular weight is 298 g/mol. The summed E-state index contributed by atoms with van der Waals surface area (Å²) in [5, 5.41) is 6.58. The van der Waals surface area contributed by atoms with Gasteiger partial charge in [-0.1, -0.05) is 13.8 Å². The highest BCUT2D eigenvalue weighted by Crippen LogP contribution is 2.51. The van der Waals surface area contributed by atoms with E-state index in [4.69, 9.17) is 9.47 Å². The molecule has 1 saturated carbocycles. The zero-order valence-electron chi connectivity index (χ0n) is 14.0. The molecule has 2 N–H and O–H groups in total. The monoisotopic (exact) mass is 298 g/mol. The largest absolute Gasteiger partial charge is 0.384 e. The Bertz CT molecular complexity index is 385. The molecule has 0 radical (unpaired) electrons. The van der Waals surface area contributed by atoms with Crippen LogP contribution >= 0.6 is 0 Å². The predicted octanol–water partition coefficient (Wildman–Crippen LogP) is 1.32. The zero-order chi connectivity index (χ0) is 15.7. The number of hydrogen-bond acceptors (Lipinski definition) is 4. The minimum atomic E-state index is -0.380. The number of ether oxygens (including phenoxy) is 2. The van der Waals surface area contributed by atoms with Crippen LogP contribution < -0.4 is 10.6 Å². The number of carbonyl (C=O) groups is 1. The molecule has 2 fully saturated rings. The summed E-state index contributed by atoms with van der Waals surface area (Å²) in [6.07, 6.45) is 2.53. The van der Waals surface area contributed by atoms with Crippen molar-refractivity contribution in [3.05, 3.63) is 0 Å². The van der Waals surface area contributed by atoms with Crippen molar-refractivity contribution < 1.29 is 14.3 Å². The third kappa shape index (κ3) is 2.71. The molecule has 1 heterocycles. The predicted molar refractivity (Wildman–Crippen MR) is 82.2 cm³/mol. The minimum absolute atomic E-state index is 0.0570. The Kier molecular flexibility index (Phi) is 4.66. The molecular weight excluding hydrogens is 268 g/mol. The van der Waals surface area contributed by atoms with E-state index in [0.717, 1.165) is 32.4 Å². The molecule has 1 aliphatic heterocycles. The first-order valence-electron chi connectivity index (χ1n) is 7.87. The summed E-state index contributed by atoms with van der Waals surface area (Å²) in [5.41, 5.74) is -0.596. The van der Waals surface area contributed by atoms with Crippen molar-refractivity contribution in [3.63, 3.8) is 0 Å². The van der Waals surface area contributed by atoms with E-state index in [1.165, 1.54) is 0 Å². The molecule has 1 amide bonds. The van der Waals surface area contributed by atoms with Crippen molar-refractivity contribution in [2.75, 3.05) is 33.9 Å². The lowest BCUT2D eigenvalue weighted by molar-refractivity contribution is -0.185. The van der Waals surface area contributed by atoms with Crippen LogP contribution in [-0.4, -0.2) is 51.5 Å². The number of carbonyl (C=O) groups excluding carboxylic acids is 1. The Balaban J connectivity index is 2.04. The molecule has 5 nitrogen and oxygen atoms in total. The molecule has 5 heteroatoms. The van der Waals surface area contributed by atoms with Gasteiger partial charge in [-0.05, 0) is 39.3 Å². The van der Waals surface area contributed by atoms with Crippen molar-refractivity contribution in [2.24, 2.45) is 10.8 Å². The minimum Gasteiger partial charge on any atom is -0.384 e. The highest BCUT2D eigenvalue weighted by atomic mass is 16.5. The third-order valence-electron chi connectivity index (χ3n) is 6.05. The van der Waals surface area contributed by atoms with Gasteiger partial charge in [0.1, 0.15) is 0 Å². The van der Waals surface area contributed by atoms with Crippen molar-refractivity contribution in [1.29, 1.82) is 0 Å². The normalized spacial score (nSPS) is 34.0. The fraction of sp³-hybridized carbons (Fsp3) is 0.938. The van der Waals surface area contributed by atoms with E-state index < -0.39 is 0 Å². The van der Waals surface area contributed by atoms with Crippen LogP contribution in [0.4, 0.5) is 0 Å². The number of methoxy groups -OCH3 is 2. The second-order valence-corrected chi connectivity index (χ2v) is 7.35. The molecule has 0 spiro atoms. The zero-order valence-corrected chi connectivity index (χ0v) is 14.0. The van der Waals surface area contributed by atoms with Crippen LogP contribution in [0.5, 0.6) is 0 Å². The van der Waals surface area contributed by atoms with Gasteiger partial charge in [0.15, 0.2) is 0 Å². The molecule has 21 heavy (non-hydrogen) atoms. The molecule has 2 aliphatic rings.